The lowest BCUT2D eigenvalue weighted by Gasteiger charge is -2.18. The first-order valence-corrected chi connectivity index (χ1v) is 9.41. The smallest absolute Gasteiger partial charge is 0.265 e. The molecule has 1 aliphatic rings. The van der Waals surface area contributed by atoms with Gasteiger partial charge in [0.25, 0.3) is 10.0 Å². The largest absolute Gasteiger partial charge is 0.300 e. The lowest BCUT2D eigenvalue weighted by atomic mass is 10.0. The van der Waals surface area contributed by atoms with Crippen LogP contribution in [0.15, 0.2) is 35.2 Å². The third-order valence-electron chi connectivity index (χ3n) is 4.43. The Morgan fingerprint density at radius 1 is 1.09 bits per heavy atom. The molecule has 0 radical (unpaired) electrons. The molecule has 0 aliphatic carbocycles. The van der Waals surface area contributed by atoms with Crippen LogP contribution in [0.2, 0.25) is 0 Å². The number of unbranched alkanes of at least 4 members (excludes halogenated alkanes) is 2. The van der Waals surface area contributed by atoms with E-state index in [9.17, 15) is 13.2 Å². The van der Waals surface area contributed by atoms with Crippen LogP contribution in [0, 0.1) is 6.92 Å². The zero-order chi connectivity index (χ0) is 16.6. The monoisotopic (exact) mass is 331 g/mol. The maximum absolute atomic E-state index is 12.8. The molecule has 0 fully saturated rings. The van der Waals surface area contributed by atoms with Crippen LogP contribution in [0.3, 0.4) is 0 Å². The van der Waals surface area contributed by atoms with E-state index in [4.69, 9.17) is 0 Å². The van der Waals surface area contributed by atoms with E-state index in [-0.39, 0.29) is 5.78 Å². The highest BCUT2D eigenvalue weighted by molar-refractivity contribution is 7.93. The number of Topliss-reactive ketones (excluding diaryl/α,β-unsaturated/α-hetero) is 1. The topological polar surface area (TPSA) is 54.5 Å². The van der Waals surface area contributed by atoms with Gasteiger partial charge in [0.15, 0.2) is 0 Å². The molecular weight excluding hydrogens is 310 g/mol. The molecule has 2 aromatic rings. The van der Waals surface area contributed by atoms with Crippen LogP contribution in [0.4, 0.5) is 5.69 Å². The fourth-order valence-electron chi connectivity index (χ4n) is 3.22. The Morgan fingerprint density at radius 2 is 1.87 bits per heavy atom. The second-order valence-electron chi connectivity index (χ2n) is 6.17. The van der Waals surface area contributed by atoms with Crippen molar-refractivity contribution in [1.29, 1.82) is 0 Å². The molecule has 4 nitrogen and oxygen atoms in total. The average Bonchev–Trinajstić information content (AvgIpc) is 2.72. The van der Waals surface area contributed by atoms with Crippen molar-refractivity contribution in [1.82, 2.24) is 0 Å². The summed E-state index contributed by atoms with van der Waals surface area (Å²) in [5.41, 5.74) is 1.87. The minimum Gasteiger partial charge on any atom is -0.300 e. The summed E-state index contributed by atoms with van der Waals surface area (Å²) in [6, 6.07) is 9.36. The Bertz CT molecular complexity index is 871. The summed E-state index contributed by atoms with van der Waals surface area (Å²) in [6.45, 7) is 4.05. The van der Waals surface area contributed by atoms with Crippen molar-refractivity contribution < 1.29 is 13.2 Å². The summed E-state index contributed by atoms with van der Waals surface area (Å²) in [7, 11) is -3.45. The predicted molar refractivity (Wildman–Crippen MR) is 92.4 cm³/mol. The first kappa shape index (κ1) is 16.0. The Hall–Kier alpha value is -1.88. The fourth-order valence-corrected chi connectivity index (χ4v) is 4.96. The van der Waals surface area contributed by atoms with Gasteiger partial charge in [-0.3, -0.25) is 4.31 Å². The molecule has 0 atom stereocenters. The standard InChI is InChI=1S/C18H21NO3S/c1-13-10-11-16-18-15(13)8-6-9-17(18)23(21,22)19(16)12-5-3-4-7-14(2)20/h6,8-11H,3-5,7,12H2,1-2H3. The van der Waals surface area contributed by atoms with Crippen molar-refractivity contribution in [3.8, 4) is 0 Å². The number of benzene rings is 2. The SMILES string of the molecule is CC(=O)CCCCCN1c2ccc(C)c3cccc(c23)S1(=O)=O. The quantitative estimate of drug-likeness (QED) is 0.756. The minimum absolute atomic E-state index is 0.187. The highest BCUT2D eigenvalue weighted by Crippen LogP contribution is 2.43. The molecule has 0 aromatic heterocycles. The maximum Gasteiger partial charge on any atom is 0.265 e. The molecule has 1 aliphatic heterocycles. The Kier molecular flexibility index (Phi) is 4.15. The number of rotatable bonds is 6. The number of hydrogen-bond acceptors (Lipinski definition) is 3. The summed E-state index contributed by atoms with van der Waals surface area (Å²) >= 11 is 0. The second kappa shape index (κ2) is 5.96. The van der Waals surface area contributed by atoms with E-state index < -0.39 is 10.0 Å². The van der Waals surface area contributed by atoms with E-state index in [1.54, 1.807) is 13.0 Å². The molecule has 122 valence electrons. The first-order chi connectivity index (χ1) is 10.9. The Balaban J connectivity index is 1.87. The molecule has 5 heteroatoms. The summed E-state index contributed by atoms with van der Waals surface area (Å²) < 4.78 is 27.2. The van der Waals surface area contributed by atoms with Gasteiger partial charge in [-0.05, 0) is 49.8 Å². The van der Waals surface area contributed by atoms with Crippen molar-refractivity contribution in [3.05, 3.63) is 35.9 Å². The number of aryl methyl sites for hydroxylation is 1. The summed E-state index contributed by atoms with van der Waals surface area (Å²) in [4.78, 5) is 11.4. The molecule has 0 N–H and O–H groups in total. The number of sulfonamides is 1. The highest BCUT2D eigenvalue weighted by Gasteiger charge is 2.35. The summed E-state index contributed by atoms with van der Waals surface area (Å²) in [5, 5.41) is 1.85. The van der Waals surface area contributed by atoms with Crippen molar-refractivity contribution in [2.75, 3.05) is 10.8 Å². The van der Waals surface area contributed by atoms with Crippen LogP contribution >= 0.6 is 0 Å². The summed E-state index contributed by atoms with van der Waals surface area (Å²) in [6.07, 6.45) is 3.01. The molecule has 3 rings (SSSR count). The van der Waals surface area contributed by atoms with Gasteiger partial charge < -0.3 is 4.79 Å². The molecular formula is C18H21NO3S. The minimum atomic E-state index is -3.45. The van der Waals surface area contributed by atoms with Crippen LogP contribution < -0.4 is 4.31 Å². The molecule has 1 heterocycles. The van der Waals surface area contributed by atoms with E-state index >= 15 is 0 Å². The van der Waals surface area contributed by atoms with Gasteiger partial charge >= 0.3 is 0 Å². The van der Waals surface area contributed by atoms with Gasteiger partial charge in [-0.2, -0.15) is 0 Å². The lowest BCUT2D eigenvalue weighted by Crippen LogP contribution is -2.28. The number of ketones is 1. The van der Waals surface area contributed by atoms with Crippen LogP contribution in [0.5, 0.6) is 0 Å². The van der Waals surface area contributed by atoms with Gasteiger partial charge in [0.05, 0.1) is 10.6 Å². The number of carbonyl (C=O) groups excluding carboxylic acids is 1. The number of hydrogen-bond donors (Lipinski definition) is 0. The fraction of sp³-hybridized carbons (Fsp3) is 0.389. The Labute approximate surface area is 137 Å². The van der Waals surface area contributed by atoms with Crippen molar-refractivity contribution in [3.63, 3.8) is 0 Å². The molecule has 0 unspecified atom stereocenters. The normalized spacial score (nSPS) is 15.3. The van der Waals surface area contributed by atoms with E-state index in [0.29, 0.717) is 17.9 Å². The van der Waals surface area contributed by atoms with Gasteiger partial charge in [0.2, 0.25) is 0 Å². The highest BCUT2D eigenvalue weighted by atomic mass is 32.2. The molecule has 23 heavy (non-hydrogen) atoms. The van der Waals surface area contributed by atoms with E-state index in [2.05, 4.69) is 0 Å². The molecule has 0 spiro atoms. The van der Waals surface area contributed by atoms with Crippen molar-refractivity contribution >= 4 is 32.3 Å². The lowest BCUT2D eigenvalue weighted by molar-refractivity contribution is -0.117. The van der Waals surface area contributed by atoms with Gasteiger partial charge in [0.1, 0.15) is 5.78 Å². The first-order valence-electron chi connectivity index (χ1n) is 7.97. The van der Waals surface area contributed by atoms with Crippen LogP contribution in [0.25, 0.3) is 10.8 Å². The van der Waals surface area contributed by atoms with Gasteiger partial charge in [-0.15, -0.1) is 0 Å². The average molecular weight is 331 g/mol. The number of nitrogens with zero attached hydrogens (tertiary/aromatic N) is 1. The van der Waals surface area contributed by atoms with Crippen LogP contribution in [-0.4, -0.2) is 20.7 Å². The Morgan fingerprint density at radius 3 is 2.61 bits per heavy atom. The van der Waals surface area contributed by atoms with Gasteiger partial charge in [-0.25, -0.2) is 8.42 Å². The molecule has 2 aromatic carbocycles. The molecule has 0 saturated heterocycles. The zero-order valence-corrected chi connectivity index (χ0v) is 14.3. The zero-order valence-electron chi connectivity index (χ0n) is 13.5. The van der Waals surface area contributed by atoms with Gasteiger partial charge in [0, 0.05) is 18.4 Å². The van der Waals surface area contributed by atoms with Crippen LogP contribution in [-0.2, 0) is 14.8 Å². The number of anilines is 1. The molecule has 0 amide bonds. The van der Waals surface area contributed by atoms with E-state index in [1.807, 2.05) is 31.2 Å². The third-order valence-corrected chi connectivity index (χ3v) is 6.28. The molecule has 0 saturated carbocycles. The molecule has 0 bridgehead atoms. The van der Waals surface area contributed by atoms with E-state index in [1.165, 1.54) is 4.31 Å². The van der Waals surface area contributed by atoms with Crippen molar-refractivity contribution in [2.24, 2.45) is 0 Å². The van der Waals surface area contributed by atoms with Crippen molar-refractivity contribution in [2.45, 2.75) is 44.4 Å². The van der Waals surface area contributed by atoms with Crippen LogP contribution in [0.1, 0.15) is 38.2 Å². The van der Waals surface area contributed by atoms with E-state index in [0.717, 1.165) is 41.3 Å². The predicted octanol–water partition coefficient (Wildman–Crippen LogP) is 3.81. The number of carbonyl (C=O) groups is 1. The van der Waals surface area contributed by atoms with Gasteiger partial charge in [-0.1, -0.05) is 24.6 Å². The third kappa shape index (κ3) is 2.74. The second-order valence-corrected chi connectivity index (χ2v) is 8.00. The summed E-state index contributed by atoms with van der Waals surface area (Å²) in [5.74, 6) is 0.187. The maximum atomic E-state index is 12.8.